The molecular weight excluding hydrogens is 480 g/mol. The van der Waals surface area contributed by atoms with Crippen molar-refractivity contribution in [3.63, 3.8) is 0 Å². The number of benzene rings is 5. The van der Waals surface area contributed by atoms with Crippen LogP contribution in [0, 0.1) is 0 Å². The van der Waals surface area contributed by atoms with Gasteiger partial charge in [-0.05, 0) is 76.6 Å². The quantitative estimate of drug-likeness (QED) is 0.178. The molecule has 5 aromatic rings. The maximum absolute atomic E-state index is 12.8. The van der Waals surface area contributed by atoms with Gasteiger partial charge in [0, 0.05) is 11.1 Å². The van der Waals surface area contributed by atoms with Crippen molar-refractivity contribution in [1.29, 1.82) is 0 Å². The molecule has 0 heterocycles. The van der Waals surface area contributed by atoms with Crippen LogP contribution in [-0.2, 0) is 13.0 Å². The molecule has 0 unspecified atom stereocenters. The van der Waals surface area contributed by atoms with E-state index in [1.165, 1.54) is 22.3 Å². The van der Waals surface area contributed by atoms with E-state index in [0.717, 1.165) is 40.1 Å². The van der Waals surface area contributed by atoms with Crippen molar-refractivity contribution in [2.24, 2.45) is 5.10 Å². The molecule has 6 rings (SSSR count). The Labute approximate surface area is 228 Å². The van der Waals surface area contributed by atoms with E-state index in [0.29, 0.717) is 12.2 Å². The Morgan fingerprint density at radius 3 is 2.21 bits per heavy atom. The number of ether oxygens (including phenoxy) is 1. The Morgan fingerprint density at radius 2 is 1.38 bits per heavy atom. The zero-order valence-electron chi connectivity index (χ0n) is 21.7. The van der Waals surface area contributed by atoms with Crippen LogP contribution in [0.4, 0.5) is 0 Å². The average molecular weight is 509 g/mol. The Kier molecular flexibility index (Phi) is 6.75. The minimum atomic E-state index is -0.246. The fraction of sp³-hybridized carbons (Fsp3) is 0.0857. The second-order valence-electron chi connectivity index (χ2n) is 9.69. The summed E-state index contributed by atoms with van der Waals surface area (Å²) in [5.74, 6) is 0.579. The second kappa shape index (κ2) is 10.8. The first-order valence-electron chi connectivity index (χ1n) is 13.1. The predicted molar refractivity (Wildman–Crippen MR) is 157 cm³/mol. The molecule has 1 amide bonds. The molecule has 1 aliphatic rings. The number of hydrogen-bond acceptors (Lipinski definition) is 3. The number of amides is 1. The largest absolute Gasteiger partial charge is 0.488 e. The van der Waals surface area contributed by atoms with Crippen molar-refractivity contribution >= 4 is 11.6 Å². The van der Waals surface area contributed by atoms with Gasteiger partial charge >= 0.3 is 0 Å². The fourth-order valence-electron chi connectivity index (χ4n) is 5.00. The summed E-state index contributed by atoms with van der Waals surface area (Å²) in [4.78, 5) is 12.8. The highest BCUT2D eigenvalue weighted by Crippen LogP contribution is 2.36. The summed E-state index contributed by atoms with van der Waals surface area (Å²) in [5, 5.41) is 4.37. The van der Waals surface area contributed by atoms with Crippen LogP contribution >= 0.6 is 0 Å². The van der Waals surface area contributed by atoms with Crippen molar-refractivity contribution in [1.82, 2.24) is 5.43 Å². The van der Waals surface area contributed by atoms with Crippen LogP contribution in [0.1, 0.15) is 39.5 Å². The van der Waals surface area contributed by atoms with E-state index in [2.05, 4.69) is 71.2 Å². The molecule has 0 bridgehead atoms. The molecule has 4 nitrogen and oxygen atoms in total. The molecule has 0 spiro atoms. The van der Waals surface area contributed by atoms with Crippen LogP contribution in [0.15, 0.2) is 126 Å². The third-order valence-corrected chi connectivity index (χ3v) is 7.12. The van der Waals surface area contributed by atoms with Crippen LogP contribution in [0.25, 0.3) is 22.3 Å². The molecule has 0 aliphatic heterocycles. The lowest BCUT2D eigenvalue weighted by atomic mass is 10.0. The molecule has 4 heteroatoms. The highest BCUT2D eigenvalue weighted by molar-refractivity contribution is 6.01. The monoisotopic (exact) mass is 508 g/mol. The number of nitrogens with one attached hydrogen (secondary N) is 1. The third-order valence-electron chi connectivity index (χ3n) is 7.12. The van der Waals surface area contributed by atoms with Crippen LogP contribution in [0.2, 0.25) is 0 Å². The fourth-order valence-corrected chi connectivity index (χ4v) is 5.00. The summed E-state index contributed by atoms with van der Waals surface area (Å²) in [5.41, 5.74) is 13.4. The van der Waals surface area contributed by atoms with Crippen molar-refractivity contribution in [3.05, 3.63) is 149 Å². The van der Waals surface area contributed by atoms with E-state index in [4.69, 9.17) is 4.74 Å². The minimum absolute atomic E-state index is 0.246. The van der Waals surface area contributed by atoms with Gasteiger partial charge in [0.2, 0.25) is 0 Å². The Bertz CT molecular complexity index is 1670. The molecule has 1 aliphatic carbocycles. The highest BCUT2D eigenvalue weighted by atomic mass is 16.5. The first-order chi connectivity index (χ1) is 19.2. The smallest absolute Gasteiger partial charge is 0.271 e. The number of para-hydroxylation sites is 1. The summed E-state index contributed by atoms with van der Waals surface area (Å²) < 4.78 is 6.14. The standard InChI is InChI=1S/C35H28N2O2/c1-24(28-19-20-32-30(21-28)22-29-11-5-6-12-31(29)32)36-37-35(38)27-17-15-25(16-18-27)23-39-34-14-8-7-13-33(34)26-9-3-2-4-10-26/h2-21H,22-23H2,1H3,(H,37,38)/b36-24+. The van der Waals surface area contributed by atoms with Gasteiger partial charge in [0.15, 0.2) is 0 Å². The number of rotatable bonds is 7. The summed E-state index contributed by atoms with van der Waals surface area (Å²) in [6.07, 6.45) is 0.924. The molecule has 39 heavy (non-hydrogen) atoms. The van der Waals surface area contributed by atoms with E-state index in [1.807, 2.05) is 55.5 Å². The van der Waals surface area contributed by atoms with E-state index in [1.54, 1.807) is 12.1 Å². The molecule has 0 radical (unpaired) electrons. The second-order valence-corrected chi connectivity index (χ2v) is 9.69. The zero-order chi connectivity index (χ0) is 26.6. The van der Waals surface area contributed by atoms with Crippen molar-refractivity contribution < 1.29 is 9.53 Å². The van der Waals surface area contributed by atoms with Gasteiger partial charge in [0.1, 0.15) is 12.4 Å². The topological polar surface area (TPSA) is 50.7 Å². The first-order valence-corrected chi connectivity index (χ1v) is 13.1. The summed E-state index contributed by atoms with van der Waals surface area (Å²) in [6, 6.07) is 40.5. The highest BCUT2D eigenvalue weighted by Gasteiger charge is 2.18. The van der Waals surface area contributed by atoms with Gasteiger partial charge < -0.3 is 4.74 Å². The average Bonchev–Trinajstić information content (AvgIpc) is 3.37. The molecule has 5 aromatic carbocycles. The summed E-state index contributed by atoms with van der Waals surface area (Å²) in [7, 11) is 0. The number of carbonyl (C=O) groups excluding carboxylic acids is 1. The number of carbonyl (C=O) groups is 1. The summed E-state index contributed by atoms with van der Waals surface area (Å²) in [6.45, 7) is 2.32. The minimum Gasteiger partial charge on any atom is -0.488 e. The van der Waals surface area contributed by atoms with Gasteiger partial charge in [-0.2, -0.15) is 5.10 Å². The van der Waals surface area contributed by atoms with Gasteiger partial charge in [-0.3, -0.25) is 4.79 Å². The Morgan fingerprint density at radius 1 is 0.718 bits per heavy atom. The zero-order valence-corrected chi connectivity index (χ0v) is 21.7. The third kappa shape index (κ3) is 5.23. The van der Waals surface area contributed by atoms with Crippen molar-refractivity contribution in [3.8, 4) is 28.0 Å². The van der Waals surface area contributed by atoms with Gasteiger partial charge in [-0.1, -0.05) is 97.1 Å². The van der Waals surface area contributed by atoms with Gasteiger partial charge in [-0.15, -0.1) is 0 Å². The molecule has 0 fully saturated rings. The van der Waals surface area contributed by atoms with Crippen LogP contribution in [-0.4, -0.2) is 11.6 Å². The Hall–Kier alpha value is -4.96. The van der Waals surface area contributed by atoms with E-state index in [-0.39, 0.29) is 5.91 Å². The van der Waals surface area contributed by atoms with E-state index >= 15 is 0 Å². The number of nitrogens with zero attached hydrogens (tertiary/aromatic N) is 1. The number of hydrogen-bond donors (Lipinski definition) is 1. The lowest BCUT2D eigenvalue weighted by Gasteiger charge is -2.12. The lowest BCUT2D eigenvalue weighted by molar-refractivity contribution is 0.0954. The van der Waals surface area contributed by atoms with Crippen LogP contribution in [0.3, 0.4) is 0 Å². The SMILES string of the molecule is C/C(=N\NC(=O)c1ccc(COc2ccccc2-c2ccccc2)cc1)c1ccc2c(c1)Cc1ccccc1-2. The normalized spacial score (nSPS) is 12.0. The van der Waals surface area contributed by atoms with Crippen LogP contribution in [0.5, 0.6) is 5.75 Å². The van der Waals surface area contributed by atoms with Crippen molar-refractivity contribution in [2.75, 3.05) is 0 Å². The van der Waals surface area contributed by atoms with E-state index < -0.39 is 0 Å². The summed E-state index contributed by atoms with van der Waals surface area (Å²) >= 11 is 0. The van der Waals surface area contributed by atoms with E-state index in [9.17, 15) is 4.79 Å². The van der Waals surface area contributed by atoms with Crippen molar-refractivity contribution in [2.45, 2.75) is 20.0 Å². The molecular formula is C35H28N2O2. The maximum atomic E-state index is 12.8. The first kappa shape index (κ1) is 24.4. The van der Waals surface area contributed by atoms with Gasteiger partial charge in [0.05, 0.1) is 5.71 Å². The number of fused-ring (bicyclic) bond motifs is 3. The molecule has 0 saturated heterocycles. The predicted octanol–water partition coefficient (Wildman–Crippen LogP) is 7.66. The molecule has 1 N–H and O–H groups in total. The molecule has 190 valence electrons. The van der Waals surface area contributed by atoms with Gasteiger partial charge in [-0.25, -0.2) is 5.43 Å². The maximum Gasteiger partial charge on any atom is 0.271 e. The Balaban J connectivity index is 1.08. The van der Waals surface area contributed by atoms with Crippen LogP contribution < -0.4 is 10.2 Å². The lowest BCUT2D eigenvalue weighted by Crippen LogP contribution is -2.19. The molecule has 0 atom stereocenters. The molecule has 0 saturated carbocycles. The van der Waals surface area contributed by atoms with Gasteiger partial charge in [0.25, 0.3) is 5.91 Å². The number of hydrazone groups is 1. The molecule has 0 aromatic heterocycles.